The molecule has 0 spiro atoms. The monoisotopic (exact) mass is 315 g/mol. The first-order valence-corrected chi connectivity index (χ1v) is 8.88. The van der Waals surface area contributed by atoms with Crippen molar-refractivity contribution in [1.82, 2.24) is 5.43 Å². The molecule has 126 valence electrons. The number of ether oxygens (including phenoxy) is 1. The van der Waals surface area contributed by atoms with Gasteiger partial charge in [-0.15, -0.1) is 0 Å². The van der Waals surface area contributed by atoms with Crippen LogP contribution in [0, 0.1) is 0 Å². The van der Waals surface area contributed by atoms with E-state index in [1.165, 1.54) is 19.3 Å². The van der Waals surface area contributed by atoms with Crippen molar-refractivity contribution in [2.24, 2.45) is 10.3 Å². The molecule has 0 unspecified atom stereocenters. The zero-order chi connectivity index (χ0) is 16.5. The lowest BCUT2D eigenvalue weighted by Gasteiger charge is -2.33. The Kier molecular flexibility index (Phi) is 6.63. The maximum atomic E-state index is 6.26. The summed E-state index contributed by atoms with van der Waals surface area (Å²) in [6.45, 7) is 7.26. The molecule has 0 aromatic heterocycles. The van der Waals surface area contributed by atoms with Crippen molar-refractivity contribution in [1.29, 1.82) is 0 Å². The second-order valence-electron chi connectivity index (χ2n) is 6.03. The van der Waals surface area contributed by atoms with E-state index in [2.05, 4.69) is 48.7 Å². The average molecular weight is 315 g/mol. The molecule has 23 heavy (non-hydrogen) atoms. The van der Waals surface area contributed by atoms with Crippen LogP contribution in [0.1, 0.15) is 64.9 Å². The molecule has 1 aromatic rings. The van der Waals surface area contributed by atoms with Crippen molar-refractivity contribution >= 4 is 5.70 Å². The smallest absolute Gasteiger partial charge is 0.151 e. The summed E-state index contributed by atoms with van der Waals surface area (Å²) in [4.78, 5) is 0. The fourth-order valence-corrected chi connectivity index (χ4v) is 2.92. The summed E-state index contributed by atoms with van der Waals surface area (Å²) >= 11 is 0. The maximum absolute atomic E-state index is 6.26. The van der Waals surface area contributed by atoms with Crippen LogP contribution in [0.25, 0.3) is 5.70 Å². The van der Waals surface area contributed by atoms with E-state index in [-0.39, 0.29) is 5.54 Å². The number of nitrogens with one attached hydrogen (secondary N) is 1. The van der Waals surface area contributed by atoms with Gasteiger partial charge in [0.1, 0.15) is 11.2 Å². The number of hydrogen-bond donors (Lipinski definition) is 1. The molecule has 0 radical (unpaired) electrons. The lowest BCUT2D eigenvalue weighted by Crippen LogP contribution is -2.35. The van der Waals surface area contributed by atoms with Gasteiger partial charge in [-0.2, -0.15) is 5.11 Å². The summed E-state index contributed by atoms with van der Waals surface area (Å²) < 4.78 is 6.26. The van der Waals surface area contributed by atoms with Gasteiger partial charge in [0, 0.05) is 5.56 Å². The van der Waals surface area contributed by atoms with Gasteiger partial charge in [0.05, 0.1) is 6.61 Å². The maximum Gasteiger partial charge on any atom is 0.151 e. The SMILES string of the molecule is CCCCCCOC1=C(c2ccccc2)NN=NC1(CC)CC. The van der Waals surface area contributed by atoms with Crippen LogP contribution in [-0.4, -0.2) is 12.1 Å². The molecule has 1 aliphatic heterocycles. The van der Waals surface area contributed by atoms with Crippen LogP contribution < -0.4 is 5.43 Å². The Morgan fingerprint density at radius 2 is 1.74 bits per heavy atom. The zero-order valence-corrected chi connectivity index (χ0v) is 14.6. The highest BCUT2D eigenvalue weighted by Gasteiger charge is 2.38. The average Bonchev–Trinajstić information content (AvgIpc) is 2.62. The highest BCUT2D eigenvalue weighted by atomic mass is 16.5. The Balaban J connectivity index is 2.25. The topological polar surface area (TPSA) is 46.0 Å². The molecule has 0 saturated heterocycles. The van der Waals surface area contributed by atoms with E-state index in [0.29, 0.717) is 0 Å². The van der Waals surface area contributed by atoms with Crippen LogP contribution >= 0.6 is 0 Å². The Morgan fingerprint density at radius 3 is 2.39 bits per heavy atom. The molecule has 1 N–H and O–H groups in total. The summed E-state index contributed by atoms with van der Waals surface area (Å²) in [5, 5.41) is 8.68. The minimum absolute atomic E-state index is 0.346. The summed E-state index contributed by atoms with van der Waals surface area (Å²) in [5.41, 5.74) is 4.78. The summed E-state index contributed by atoms with van der Waals surface area (Å²) in [5.74, 6) is 0.945. The lowest BCUT2D eigenvalue weighted by molar-refractivity contribution is 0.147. The van der Waals surface area contributed by atoms with Crippen LogP contribution in [0.3, 0.4) is 0 Å². The van der Waals surface area contributed by atoms with Gasteiger partial charge < -0.3 is 4.74 Å². The van der Waals surface area contributed by atoms with Gasteiger partial charge in [-0.1, -0.05) is 75.6 Å². The van der Waals surface area contributed by atoms with Gasteiger partial charge in [0.2, 0.25) is 0 Å². The molecule has 2 rings (SSSR count). The molecular weight excluding hydrogens is 286 g/mol. The number of hydrogen-bond acceptors (Lipinski definition) is 4. The molecule has 4 nitrogen and oxygen atoms in total. The zero-order valence-electron chi connectivity index (χ0n) is 14.6. The van der Waals surface area contributed by atoms with Crippen molar-refractivity contribution in [3.8, 4) is 0 Å². The number of benzene rings is 1. The van der Waals surface area contributed by atoms with E-state index in [1.807, 2.05) is 18.2 Å². The fraction of sp³-hybridized carbons (Fsp3) is 0.579. The predicted octanol–water partition coefficient (Wildman–Crippen LogP) is 5.48. The predicted molar refractivity (Wildman–Crippen MR) is 94.8 cm³/mol. The first-order valence-electron chi connectivity index (χ1n) is 8.88. The van der Waals surface area contributed by atoms with Gasteiger partial charge >= 0.3 is 0 Å². The first kappa shape index (κ1) is 17.5. The third kappa shape index (κ3) is 4.12. The van der Waals surface area contributed by atoms with Crippen molar-refractivity contribution in [3.63, 3.8) is 0 Å². The van der Waals surface area contributed by atoms with E-state index in [0.717, 1.165) is 42.9 Å². The molecule has 1 aromatic carbocycles. The third-order valence-corrected chi connectivity index (χ3v) is 4.53. The van der Waals surface area contributed by atoms with Crippen LogP contribution in [0.5, 0.6) is 0 Å². The minimum Gasteiger partial charge on any atom is -0.493 e. The van der Waals surface area contributed by atoms with Gasteiger partial charge in [-0.25, -0.2) is 0 Å². The third-order valence-electron chi connectivity index (χ3n) is 4.53. The van der Waals surface area contributed by atoms with Gasteiger partial charge in [-0.05, 0) is 19.3 Å². The molecular formula is C19H29N3O. The van der Waals surface area contributed by atoms with E-state index in [9.17, 15) is 0 Å². The Labute approximate surface area is 140 Å². The second kappa shape index (κ2) is 8.70. The normalized spacial score (nSPS) is 16.3. The molecule has 0 amide bonds. The first-order chi connectivity index (χ1) is 11.3. The highest BCUT2D eigenvalue weighted by Crippen LogP contribution is 2.37. The standard InChI is InChI=1S/C19H29N3O/c1-4-7-8-12-15-23-18-17(16-13-10-9-11-14-16)20-22-21-19(18,5-2)6-3/h9-11,13-14H,4-8,12,15H2,1-3H3,(H,20,21). The van der Waals surface area contributed by atoms with E-state index >= 15 is 0 Å². The summed E-state index contributed by atoms with van der Waals surface area (Å²) in [6.07, 6.45) is 6.56. The van der Waals surface area contributed by atoms with E-state index < -0.39 is 0 Å². The van der Waals surface area contributed by atoms with Crippen molar-refractivity contribution < 1.29 is 4.74 Å². The summed E-state index contributed by atoms with van der Waals surface area (Å²) in [6, 6.07) is 10.3. The molecule has 0 fully saturated rings. The van der Waals surface area contributed by atoms with Crippen LogP contribution in [0.15, 0.2) is 46.4 Å². The van der Waals surface area contributed by atoms with E-state index in [4.69, 9.17) is 4.74 Å². The second-order valence-corrected chi connectivity index (χ2v) is 6.03. The molecule has 0 bridgehead atoms. The van der Waals surface area contributed by atoms with Crippen molar-refractivity contribution in [3.05, 3.63) is 41.7 Å². The Morgan fingerprint density at radius 1 is 1.00 bits per heavy atom. The van der Waals surface area contributed by atoms with Gasteiger partial charge in [0.25, 0.3) is 0 Å². The quantitative estimate of drug-likeness (QED) is 0.613. The van der Waals surface area contributed by atoms with E-state index in [1.54, 1.807) is 0 Å². The molecule has 1 heterocycles. The molecule has 1 aliphatic rings. The molecule has 0 aliphatic carbocycles. The van der Waals surface area contributed by atoms with Gasteiger partial charge in [-0.3, -0.25) is 5.43 Å². The summed E-state index contributed by atoms with van der Waals surface area (Å²) in [7, 11) is 0. The van der Waals surface area contributed by atoms with Crippen LogP contribution in [0.2, 0.25) is 0 Å². The number of nitrogens with zero attached hydrogens (tertiary/aromatic N) is 2. The van der Waals surface area contributed by atoms with Crippen LogP contribution in [0.4, 0.5) is 0 Å². The Hall–Kier alpha value is -1.84. The van der Waals surface area contributed by atoms with Gasteiger partial charge in [0.15, 0.2) is 5.76 Å². The molecule has 0 saturated carbocycles. The number of rotatable bonds is 9. The largest absolute Gasteiger partial charge is 0.493 e. The molecule has 0 atom stereocenters. The molecule has 4 heteroatoms. The van der Waals surface area contributed by atoms with Crippen molar-refractivity contribution in [2.75, 3.05) is 6.61 Å². The highest BCUT2D eigenvalue weighted by molar-refractivity contribution is 5.68. The Bertz CT molecular complexity index is 533. The lowest BCUT2D eigenvalue weighted by atomic mass is 9.88. The fourth-order valence-electron chi connectivity index (χ4n) is 2.92. The van der Waals surface area contributed by atoms with Crippen molar-refractivity contribution in [2.45, 2.75) is 64.8 Å². The number of unbranched alkanes of at least 4 members (excludes halogenated alkanes) is 3. The van der Waals surface area contributed by atoms with Crippen LogP contribution in [-0.2, 0) is 4.74 Å². The minimum atomic E-state index is -0.346.